The number of carbonyl (C=O) groups excluding carboxylic acids is 3. The number of hydrogen-bond acceptors (Lipinski definition) is 5. The smallest absolute Gasteiger partial charge is 0.243 e. The summed E-state index contributed by atoms with van der Waals surface area (Å²) < 4.78 is 0. The summed E-state index contributed by atoms with van der Waals surface area (Å²) in [5.41, 5.74) is 9.55. The first kappa shape index (κ1) is 30.3. The lowest BCUT2D eigenvalue weighted by molar-refractivity contribution is -0.131. The third-order valence-corrected chi connectivity index (χ3v) is 7.71. The number of H-pyrrole nitrogens is 1. The van der Waals surface area contributed by atoms with Crippen LogP contribution >= 0.6 is 0 Å². The Kier molecular flexibility index (Phi) is 10.2. The van der Waals surface area contributed by atoms with E-state index in [9.17, 15) is 14.4 Å². The predicted octanol–water partition coefficient (Wildman–Crippen LogP) is 4.63. The van der Waals surface area contributed by atoms with Crippen molar-refractivity contribution in [1.29, 1.82) is 0 Å². The number of nitrogens with one attached hydrogen (secondary N) is 4. The van der Waals surface area contributed by atoms with Crippen molar-refractivity contribution < 1.29 is 14.4 Å². The molecule has 2 heterocycles. The number of pyridine rings is 1. The summed E-state index contributed by atoms with van der Waals surface area (Å²) in [5.74, 6) is -0.494. The summed E-state index contributed by atoms with van der Waals surface area (Å²) in [6.07, 6.45) is 4.76. The molecule has 3 aromatic carbocycles. The standard InChI is InChI=1S/C35H38N6O3/c36-34(43)30(16-8-9-21-37-32-19-17-25-12-4-6-14-28(25)39-32)41-35(44)31(22-24-10-2-1-3-11-24)40-33(42)20-18-26-23-38-29-15-7-5-13-27(26)29/h1-7,10-15,17,19,23,30-31,38H,8-9,16,18,20-22H2,(H2,36,43)(H,37,39)(H,40,42)(H,41,44). The van der Waals surface area contributed by atoms with Crippen LogP contribution in [0.4, 0.5) is 5.82 Å². The number of hydrogen-bond donors (Lipinski definition) is 5. The van der Waals surface area contributed by atoms with Gasteiger partial charge in [-0.15, -0.1) is 0 Å². The Hall–Kier alpha value is -5.18. The molecule has 0 saturated carbocycles. The number of anilines is 1. The molecule has 0 aliphatic rings. The van der Waals surface area contributed by atoms with E-state index in [0.717, 1.165) is 45.2 Å². The number of rotatable bonds is 15. The minimum atomic E-state index is -0.852. The SMILES string of the molecule is NC(=O)C(CCCCNc1ccc2ccccc2n1)NC(=O)C(Cc1ccccc1)NC(=O)CCc1c[nH]c2ccccc12. The predicted molar refractivity (Wildman–Crippen MR) is 174 cm³/mol. The average molecular weight is 591 g/mol. The van der Waals surface area contributed by atoms with Crippen LogP contribution in [0.5, 0.6) is 0 Å². The summed E-state index contributed by atoms with van der Waals surface area (Å²) >= 11 is 0. The Morgan fingerprint density at radius 2 is 1.59 bits per heavy atom. The largest absolute Gasteiger partial charge is 0.370 e. The number of unbranched alkanes of at least 4 members (excludes halogenated alkanes) is 1. The molecule has 2 unspecified atom stereocenters. The molecule has 6 N–H and O–H groups in total. The van der Waals surface area contributed by atoms with Crippen LogP contribution in [0, 0.1) is 0 Å². The Labute approximate surface area is 256 Å². The second kappa shape index (κ2) is 14.8. The summed E-state index contributed by atoms with van der Waals surface area (Å²) in [4.78, 5) is 46.6. The first-order valence-corrected chi connectivity index (χ1v) is 15.0. The molecule has 3 amide bonds. The average Bonchev–Trinajstić information content (AvgIpc) is 3.46. The van der Waals surface area contributed by atoms with Crippen molar-refractivity contribution >= 4 is 45.3 Å². The zero-order valence-electron chi connectivity index (χ0n) is 24.6. The second-order valence-corrected chi connectivity index (χ2v) is 10.9. The van der Waals surface area contributed by atoms with Gasteiger partial charge in [0.15, 0.2) is 0 Å². The van der Waals surface area contributed by atoms with Gasteiger partial charge in [0, 0.05) is 41.9 Å². The fraction of sp³-hybridized carbons (Fsp3) is 0.257. The highest BCUT2D eigenvalue weighted by molar-refractivity contribution is 5.92. The quantitative estimate of drug-likeness (QED) is 0.113. The molecule has 0 saturated heterocycles. The molecule has 2 aromatic heterocycles. The number of nitrogens with two attached hydrogens (primary N) is 1. The van der Waals surface area contributed by atoms with Crippen LogP contribution in [0.2, 0.25) is 0 Å². The van der Waals surface area contributed by atoms with E-state index >= 15 is 0 Å². The molecule has 226 valence electrons. The molecule has 0 aliphatic heterocycles. The van der Waals surface area contributed by atoms with E-state index in [1.165, 1.54) is 0 Å². The molecular formula is C35H38N6O3. The van der Waals surface area contributed by atoms with Gasteiger partial charge >= 0.3 is 0 Å². The highest BCUT2D eigenvalue weighted by atomic mass is 16.2. The molecule has 9 heteroatoms. The lowest BCUT2D eigenvalue weighted by Crippen LogP contribution is -2.53. The highest BCUT2D eigenvalue weighted by Crippen LogP contribution is 2.19. The van der Waals surface area contributed by atoms with Crippen LogP contribution in [-0.4, -0.2) is 46.3 Å². The first-order valence-electron chi connectivity index (χ1n) is 15.0. The van der Waals surface area contributed by atoms with Crippen LogP contribution in [0.1, 0.15) is 36.8 Å². The maximum absolute atomic E-state index is 13.4. The summed E-state index contributed by atoms with van der Waals surface area (Å²) in [6, 6.07) is 27.6. The van der Waals surface area contributed by atoms with E-state index < -0.39 is 23.9 Å². The maximum atomic E-state index is 13.4. The monoisotopic (exact) mass is 590 g/mol. The number of aromatic amines is 1. The minimum Gasteiger partial charge on any atom is -0.370 e. The van der Waals surface area contributed by atoms with Gasteiger partial charge in [0.25, 0.3) is 0 Å². The Morgan fingerprint density at radius 1 is 0.818 bits per heavy atom. The van der Waals surface area contributed by atoms with Gasteiger partial charge in [-0.3, -0.25) is 14.4 Å². The van der Waals surface area contributed by atoms with E-state index in [1.807, 2.05) is 97.2 Å². The number of benzene rings is 3. The van der Waals surface area contributed by atoms with Gasteiger partial charge in [0.1, 0.15) is 17.9 Å². The zero-order chi connectivity index (χ0) is 30.7. The first-order chi connectivity index (χ1) is 21.5. The van der Waals surface area contributed by atoms with E-state index in [4.69, 9.17) is 5.73 Å². The third-order valence-electron chi connectivity index (χ3n) is 7.71. The lowest BCUT2D eigenvalue weighted by Gasteiger charge is -2.22. The number of aryl methyl sites for hydroxylation is 1. The molecule has 0 spiro atoms. The summed E-state index contributed by atoms with van der Waals surface area (Å²) in [7, 11) is 0. The van der Waals surface area contributed by atoms with Crippen molar-refractivity contribution in [2.24, 2.45) is 5.73 Å². The summed E-state index contributed by atoms with van der Waals surface area (Å²) in [6.45, 7) is 0.661. The van der Waals surface area contributed by atoms with Crippen LogP contribution in [0.15, 0.2) is 97.2 Å². The summed E-state index contributed by atoms with van der Waals surface area (Å²) in [5, 5.41) is 11.2. The fourth-order valence-electron chi connectivity index (χ4n) is 5.32. The Morgan fingerprint density at radius 3 is 2.43 bits per heavy atom. The van der Waals surface area contributed by atoms with Crippen molar-refractivity contribution in [1.82, 2.24) is 20.6 Å². The fourth-order valence-corrected chi connectivity index (χ4v) is 5.32. The van der Waals surface area contributed by atoms with E-state index in [0.29, 0.717) is 32.2 Å². The number of amides is 3. The Bertz CT molecular complexity index is 1720. The maximum Gasteiger partial charge on any atom is 0.243 e. The minimum absolute atomic E-state index is 0.221. The second-order valence-electron chi connectivity index (χ2n) is 10.9. The number of para-hydroxylation sites is 2. The van der Waals surface area contributed by atoms with Crippen molar-refractivity contribution in [2.45, 2.75) is 50.6 Å². The third kappa shape index (κ3) is 8.22. The zero-order valence-corrected chi connectivity index (χ0v) is 24.6. The van der Waals surface area contributed by atoms with Crippen LogP contribution in [0.25, 0.3) is 21.8 Å². The molecule has 0 bridgehead atoms. The van der Waals surface area contributed by atoms with Gasteiger partial charge in [-0.1, -0.05) is 66.7 Å². The number of carbonyl (C=O) groups is 3. The van der Waals surface area contributed by atoms with Crippen LogP contribution in [0.3, 0.4) is 0 Å². The molecule has 0 radical (unpaired) electrons. The number of fused-ring (bicyclic) bond motifs is 2. The number of primary amides is 1. The van der Waals surface area contributed by atoms with Gasteiger partial charge in [-0.25, -0.2) is 4.98 Å². The van der Waals surface area contributed by atoms with E-state index in [-0.39, 0.29) is 12.3 Å². The van der Waals surface area contributed by atoms with E-state index in [2.05, 4.69) is 25.9 Å². The van der Waals surface area contributed by atoms with Crippen molar-refractivity contribution in [3.8, 4) is 0 Å². The van der Waals surface area contributed by atoms with Crippen molar-refractivity contribution in [3.05, 3.63) is 108 Å². The van der Waals surface area contributed by atoms with Gasteiger partial charge in [-0.05, 0) is 61.1 Å². The number of aromatic nitrogens is 2. The van der Waals surface area contributed by atoms with Crippen molar-refractivity contribution in [2.75, 3.05) is 11.9 Å². The molecule has 5 aromatic rings. The van der Waals surface area contributed by atoms with Gasteiger partial charge < -0.3 is 26.7 Å². The molecule has 0 aliphatic carbocycles. The highest BCUT2D eigenvalue weighted by Gasteiger charge is 2.26. The molecular weight excluding hydrogens is 552 g/mol. The lowest BCUT2D eigenvalue weighted by atomic mass is 10.0. The van der Waals surface area contributed by atoms with Gasteiger partial charge in [-0.2, -0.15) is 0 Å². The Balaban J connectivity index is 1.14. The van der Waals surface area contributed by atoms with Crippen LogP contribution < -0.4 is 21.7 Å². The normalized spacial score (nSPS) is 12.5. The van der Waals surface area contributed by atoms with Gasteiger partial charge in [0.05, 0.1) is 5.52 Å². The molecule has 44 heavy (non-hydrogen) atoms. The van der Waals surface area contributed by atoms with Gasteiger partial charge in [0.2, 0.25) is 17.7 Å². The molecule has 5 rings (SSSR count). The molecule has 9 nitrogen and oxygen atoms in total. The number of nitrogens with zero attached hydrogens (tertiary/aromatic N) is 1. The molecule has 0 fully saturated rings. The van der Waals surface area contributed by atoms with Crippen molar-refractivity contribution in [3.63, 3.8) is 0 Å². The topological polar surface area (TPSA) is 142 Å². The van der Waals surface area contributed by atoms with E-state index in [1.54, 1.807) is 0 Å². The molecule has 2 atom stereocenters. The van der Waals surface area contributed by atoms with Crippen LogP contribution in [-0.2, 0) is 27.2 Å².